The van der Waals surface area contributed by atoms with Crippen molar-refractivity contribution in [1.29, 1.82) is 0 Å². The monoisotopic (exact) mass is 274 g/mol. The molecule has 2 aromatic heterocycles. The molecule has 1 atom stereocenters. The third-order valence-electron chi connectivity index (χ3n) is 3.08. The highest BCUT2D eigenvalue weighted by Crippen LogP contribution is 2.22. The van der Waals surface area contributed by atoms with Gasteiger partial charge in [0, 0.05) is 19.2 Å². The van der Waals surface area contributed by atoms with Crippen molar-refractivity contribution in [3.05, 3.63) is 35.8 Å². The first-order chi connectivity index (χ1) is 9.60. The van der Waals surface area contributed by atoms with E-state index >= 15 is 0 Å². The van der Waals surface area contributed by atoms with E-state index in [0.29, 0.717) is 5.88 Å². The first-order valence-corrected chi connectivity index (χ1v) is 6.98. The van der Waals surface area contributed by atoms with Crippen molar-refractivity contribution < 1.29 is 4.74 Å². The van der Waals surface area contributed by atoms with Crippen LogP contribution in [0.5, 0.6) is 11.6 Å². The van der Waals surface area contributed by atoms with E-state index in [1.54, 1.807) is 10.9 Å². The second kappa shape index (κ2) is 6.52. The van der Waals surface area contributed by atoms with E-state index in [1.807, 2.05) is 32.2 Å². The van der Waals surface area contributed by atoms with Crippen LogP contribution in [0.4, 0.5) is 0 Å². The van der Waals surface area contributed by atoms with Crippen LogP contribution in [0, 0.1) is 6.92 Å². The third-order valence-corrected chi connectivity index (χ3v) is 3.08. The first kappa shape index (κ1) is 14.5. The van der Waals surface area contributed by atoms with Crippen LogP contribution in [-0.4, -0.2) is 21.3 Å². The fourth-order valence-corrected chi connectivity index (χ4v) is 1.98. The lowest BCUT2D eigenvalue weighted by Crippen LogP contribution is -2.20. The van der Waals surface area contributed by atoms with Crippen molar-refractivity contribution in [3.63, 3.8) is 0 Å². The van der Waals surface area contributed by atoms with E-state index in [-0.39, 0.29) is 6.04 Å². The number of aromatic nitrogens is 3. The Hall–Kier alpha value is -1.88. The summed E-state index contributed by atoms with van der Waals surface area (Å²) in [5.74, 6) is 1.44. The molecule has 0 aliphatic carbocycles. The van der Waals surface area contributed by atoms with Crippen molar-refractivity contribution in [3.8, 4) is 11.6 Å². The lowest BCUT2D eigenvalue weighted by Gasteiger charge is -2.13. The van der Waals surface area contributed by atoms with Crippen molar-refractivity contribution in [2.24, 2.45) is 7.05 Å². The van der Waals surface area contributed by atoms with Gasteiger partial charge >= 0.3 is 0 Å². The Morgan fingerprint density at radius 3 is 2.75 bits per heavy atom. The predicted octanol–water partition coefficient (Wildman–Crippen LogP) is 2.98. The standard InChI is InChI=1S/C15H22N4O/c1-5-8-16-12(3)14-7-6-13(10-17-14)20-15-9-11(2)18-19(15)4/h6-7,9-10,12,16H,5,8H2,1-4H3. The predicted molar refractivity (Wildman–Crippen MR) is 79.0 cm³/mol. The van der Waals surface area contributed by atoms with Crippen LogP contribution < -0.4 is 10.1 Å². The molecule has 0 spiro atoms. The van der Waals surface area contributed by atoms with Crippen molar-refractivity contribution in [2.45, 2.75) is 33.2 Å². The van der Waals surface area contributed by atoms with E-state index in [1.165, 1.54) is 0 Å². The van der Waals surface area contributed by atoms with Gasteiger partial charge in [-0.05, 0) is 38.9 Å². The van der Waals surface area contributed by atoms with Crippen LogP contribution in [0.2, 0.25) is 0 Å². The Kier molecular flexibility index (Phi) is 4.74. The van der Waals surface area contributed by atoms with E-state index < -0.39 is 0 Å². The quantitative estimate of drug-likeness (QED) is 0.880. The van der Waals surface area contributed by atoms with Gasteiger partial charge in [0.2, 0.25) is 5.88 Å². The molecule has 5 nitrogen and oxygen atoms in total. The first-order valence-electron chi connectivity index (χ1n) is 6.98. The number of aryl methyl sites for hydroxylation is 2. The summed E-state index contributed by atoms with van der Waals surface area (Å²) in [7, 11) is 1.86. The number of nitrogens with one attached hydrogen (secondary N) is 1. The number of hydrogen-bond acceptors (Lipinski definition) is 4. The van der Waals surface area contributed by atoms with Gasteiger partial charge in [-0.2, -0.15) is 5.10 Å². The number of pyridine rings is 1. The highest BCUT2D eigenvalue weighted by atomic mass is 16.5. The van der Waals surface area contributed by atoms with Gasteiger partial charge in [-0.15, -0.1) is 0 Å². The second-order valence-corrected chi connectivity index (χ2v) is 4.94. The highest BCUT2D eigenvalue weighted by molar-refractivity contribution is 5.27. The molecule has 1 unspecified atom stereocenters. The highest BCUT2D eigenvalue weighted by Gasteiger charge is 2.08. The fraction of sp³-hybridized carbons (Fsp3) is 0.467. The number of rotatable bonds is 6. The maximum absolute atomic E-state index is 5.76. The Labute approximate surface area is 120 Å². The van der Waals surface area contributed by atoms with Crippen LogP contribution in [0.3, 0.4) is 0 Å². The third kappa shape index (κ3) is 3.57. The number of nitrogens with zero attached hydrogens (tertiary/aromatic N) is 3. The summed E-state index contributed by atoms with van der Waals surface area (Å²) in [6.07, 6.45) is 2.87. The fourth-order valence-electron chi connectivity index (χ4n) is 1.98. The molecule has 0 amide bonds. The molecule has 1 N–H and O–H groups in total. The molecule has 2 heterocycles. The average Bonchev–Trinajstić information content (AvgIpc) is 2.75. The van der Waals surface area contributed by atoms with Crippen molar-refractivity contribution in [2.75, 3.05) is 6.54 Å². The van der Waals surface area contributed by atoms with Gasteiger partial charge < -0.3 is 10.1 Å². The molecule has 0 fully saturated rings. The molecule has 2 aromatic rings. The maximum Gasteiger partial charge on any atom is 0.217 e. The average molecular weight is 274 g/mol. The molecule has 0 saturated heterocycles. The summed E-state index contributed by atoms with van der Waals surface area (Å²) in [6, 6.07) is 6.09. The van der Waals surface area contributed by atoms with E-state index in [2.05, 4.69) is 29.2 Å². The van der Waals surface area contributed by atoms with Crippen LogP contribution in [0.15, 0.2) is 24.4 Å². The lowest BCUT2D eigenvalue weighted by molar-refractivity contribution is 0.428. The summed E-state index contributed by atoms with van der Waals surface area (Å²) < 4.78 is 7.48. The van der Waals surface area contributed by atoms with Gasteiger partial charge in [0.05, 0.1) is 17.6 Å². The topological polar surface area (TPSA) is 52.0 Å². The van der Waals surface area contributed by atoms with Crippen molar-refractivity contribution in [1.82, 2.24) is 20.1 Å². The molecule has 0 radical (unpaired) electrons. The molecule has 0 saturated carbocycles. The minimum Gasteiger partial charge on any atom is -0.438 e. The zero-order valence-corrected chi connectivity index (χ0v) is 12.6. The summed E-state index contributed by atoms with van der Waals surface area (Å²) >= 11 is 0. The normalized spacial score (nSPS) is 12.4. The van der Waals surface area contributed by atoms with E-state index in [0.717, 1.165) is 30.1 Å². The van der Waals surface area contributed by atoms with Gasteiger partial charge in [0.15, 0.2) is 0 Å². The Morgan fingerprint density at radius 1 is 1.40 bits per heavy atom. The van der Waals surface area contributed by atoms with Crippen LogP contribution in [0.1, 0.15) is 37.7 Å². The molecule has 5 heteroatoms. The molecular weight excluding hydrogens is 252 g/mol. The zero-order chi connectivity index (χ0) is 14.5. The van der Waals surface area contributed by atoms with Crippen LogP contribution in [-0.2, 0) is 7.05 Å². The summed E-state index contributed by atoms with van der Waals surface area (Å²) in [5.41, 5.74) is 1.96. The van der Waals surface area contributed by atoms with Gasteiger partial charge in [0.1, 0.15) is 5.75 Å². The minimum absolute atomic E-state index is 0.253. The zero-order valence-electron chi connectivity index (χ0n) is 12.6. The van der Waals surface area contributed by atoms with Crippen LogP contribution in [0.25, 0.3) is 0 Å². The second-order valence-electron chi connectivity index (χ2n) is 4.94. The van der Waals surface area contributed by atoms with Gasteiger partial charge in [-0.1, -0.05) is 6.92 Å². The van der Waals surface area contributed by atoms with E-state index in [9.17, 15) is 0 Å². The maximum atomic E-state index is 5.76. The molecule has 20 heavy (non-hydrogen) atoms. The van der Waals surface area contributed by atoms with Gasteiger partial charge in [0.25, 0.3) is 0 Å². The smallest absolute Gasteiger partial charge is 0.217 e. The Bertz CT molecular complexity index is 548. The molecular formula is C15H22N4O. The summed E-state index contributed by atoms with van der Waals surface area (Å²) in [6.45, 7) is 7.20. The molecule has 0 bridgehead atoms. The Morgan fingerprint density at radius 2 is 2.20 bits per heavy atom. The summed E-state index contributed by atoms with van der Waals surface area (Å²) in [4.78, 5) is 4.45. The molecule has 108 valence electrons. The van der Waals surface area contributed by atoms with Gasteiger partial charge in [-0.3, -0.25) is 4.98 Å². The molecule has 0 aliphatic rings. The van der Waals surface area contributed by atoms with Gasteiger partial charge in [-0.25, -0.2) is 4.68 Å². The Balaban J connectivity index is 2.03. The van der Waals surface area contributed by atoms with E-state index in [4.69, 9.17) is 4.74 Å². The molecule has 2 rings (SSSR count). The van der Waals surface area contributed by atoms with Crippen molar-refractivity contribution >= 4 is 0 Å². The SMILES string of the molecule is CCCNC(C)c1ccc(Oc2cc(C)nn2C)cn1. The largest absolute Gasteiger partial charge is 0.438 e. The molecule has 0 aliphatic heterocycles. The van der Waals surface area contributed by atoms with Crippen LogP contribution >= 0.6 is 0 Å². The number of hydrogen-bond donors (Lipinski definition) is 1. The lowest BCUT2D eigenvalue weighted by atomic mass is 10.2. The molecule has 0 aromatic carbocycles. The summed E-state index contributed by atoms with van der Waals surface area (Å²) in [5, 5.41) is 7.66. The number of ether oxygens (including phenoxy) is 1. The minimum atomic E-state index is 0.253.